The molecule has 0 fully saturated rings. The molecule has 1 heterocycles. The molecule has 0 amide bonds. The molecular formula is C52H42BF20NO. The summed E-state index contributed by atoms with van der Waals surface area (Å²) in [5.74, 6) is -71.1. The van der Waals surface area contributed by atoms with Gasteiger partial charge in [-0.1, -0.05) is 114 Å². The van der Waals surface area contributed by atoms with Crippen molar-refractivity contribution in [2.45, 2.75) is 103 Å². The maximum atomic E-state index is 15.4. The van der Waals surface area contributed by atoms with Crippen LogP contribution in [0.3, 0.4) is 0 Å². The van der Waals surface area contributed by atoms with E-state index in [0.29, 0.717) is 6.42 Å². The molecule has 75 heavy (non-hydrogen) atoms. The lowest BCUT2D eigenvalue weighted by Gasteiger charge is -2.44. The van der Waals surface area contributed by atoms with E-state index in [4.69, 9.17) is 0 Å². The number of halogens is 20. The standard InChI is InChI=1S/C28H42NO.C24BF20/c1-2-3-4-5-6-7-8-9-10-11-12-13-17-20-28(30)27-21-23-29(24-22-27)25-26-18-15-14-16-19-26;26-5-1(6(27)14(35)21(42)13(5)34)25(2-7(28)15(36)22(43)16(37)8(2)29,3-9(30)17(38)23(44)18(39)10(3)31)4-11(32)19(40)24(45)20(41)12(4)33/h14-16,18-19,21-24H,2-13,17,20,25H2,1H3;/q+1;-1. The molecule has 404 valence electrons. The Morgan fingerprint density at radius 3 is 0.880 bits per heavy atom. The highest BCUT2D eigenvalue weighted by Crippen LogP contribution is 2.31. The zero-order valence-corrected chi connectivity index (χ0v) is 39.3. The van der Waals surface area contributed by atoms with Gasteiger partial charge >= 0.3 is 0 Å². The molecule has 0 saturated carbocycles. The molecule has 2 nitrogen and oxygen atoms in total. The smallest absolute Gasteiger partial charge is 0.200 e. The predicted molar refractivity (Wildman–Crippen MR) is 236 cm³/mol. The number of nitrogens with zero attached hydrogens (tertiary/aromatic N) is 1. The average Bonchev–Trinajstić information content (AvgIpc) is 3.40. The second-order valence-electron chi connectivity index (χ2n) is 17.5. The highest BCUT2D eigenvalue weighted by molar-refractivity contribution is 7.20. The third-order valence-corrected chi connectivity index (χ3v) is 12.6. The summed E-state index contributed by atoms with van der Waals surface area (Å²) in [5, 5.41) is 0. The van der Waals surface area contributed by atoms with E-state index in [9.17, 15) is 57.5 Å². The van der Waals surface area contributed by atoms with Crippen molar-refractivity contribution in [3.8, 4) is 0 Å². The molecule has 0 aliphatic carbocycles. The van der Waals surface area contributed by atoms with Gasteiger partial charge in [-0.3, -0.25) is 4.79 Å². The summed E-state index contributed by atoms with van der Waals surface area (Å²) >= 11 is 0. The Morgan fingerprint density at radius 2 is 0.600 bits per heavy atom. The lowest BCUT2D eigenvalue weighted by atomic mass is 9.12. The summed E-state index contributed by atoms with van der Waals surface area (Å²) in [6.07, 6.45) is 14.9. The van der Waals surface area contributed by atoms with Gasteiger partial charge in [-0.15, -0.1) is 21.9 Å². The van der Waals surface area contributed by atoms with E-state index in [0.717, 1.165) is 18.5 Å². The number of carbonyl (C=O) groups is 1. The molecule has 0 bridgehead atoms. The van der Waals surface area contributed by atoms with Crippen molar-refractivity contribution >= 4 is 33.8 Å². The molecule has 0 N–H and O–H groups in total. The van der Waals surface area contributed by atoms with Crippen molar-refractivity contribution in [3.63, 3.8) is 0 Å². The number of benzene rings is 5. The summed E-state index contributed by atoms with van der Waals surface area (Å²) in [7, 11) is 0. The third kappa shape index (κ3) is 12.2. The van der Waals surface area contributed by atoms with Crippen LogP contribution in [-0.4, -0.2) is 11.9 Å². The number of pyridine rings is 1. The van der Waals surface area contributed by atoms with Crippen LogP contribution in [0.4, 0.5) is 87.8 Å². The summed E-state index contributed by atoms with van der Waals surface area (Å²) in [4.78, 5) is 12.4. The number of hydrogen-bond donors (Lipinski definition) is 0. The Labute approximate surface area is 415 Å². The number of Topliss-reactive ketones (excluding diaryl/α,β-unsaturated/α-hetero) is 1. The van der Waals surface area contributed by atoms with Crippen molar-refractivity contribution < 1.29 is 97.2 Å². The molecule has 0 radical (unpaired) electrons. The Kier molecular flexibility index (Phi) is 20.5. The first-order valence-electron chi connectivity index (χ1n) is 23.3. The number of carbonyl (C=O) groups excluding carboxylic acids is 1. The maximum Gasteiger partial charge on any atom is 0.200 e. The van der Waals surface area contributed by atoms with Crippen LogP contribution < -0.4 is 26.4 Å². The Morgan fingerprint density at radius 1 is 0.347 bits per heavy atom. The number of ketones is 1. The van der Waals surface area contributed by atoms with Gasteiger partial charge < -0.3 is 0 Å². The number of aromatic nitrogens is 1. The largest absolute Gasteiger partial charge is 0.294 e. The van der Waals surface area contributed by atoms with Gasteiger partial charge in [0.1, 0.15) is 52.7 Å². The van der Waals surface area contributed by atoms with Gasteiger partial charge in [-0.05, 0) is 6.42 Å². The van der Waals surface area contributed by atoms with E-state index < -0.39 is 144 Å². The summed E-state index contributed by atoms with van der Waals surface area (Å²) in [6.45, 7) is 3.12. The van der Waals surface area contributed by atoms with Crippen LogP contribution in [-0.2, 0) is 6.54 Å². The molecule has 23 heteroatoms. The van der Waals surface area contributed by atoms with Crippen LogP contribution in [0.1, 0.15) is 113 Å². The van der Waals surface area contributed by atoms with Crippen LogP contribution in [0.15, 0.2) is 54.9 Å². The molecule has 5 aromatic carbocycles. The minimum atomic E-state index is -7.22. The van der Waals surface area contributed by atoms with E-state index in [1.54, 1.807) is 0 Å². The summed E-state index contributed by atoms with van der Waals surface area (Å²) in [6, 6.07) is 14.3. The van der Waals surface area contributed by atoms with E-state index in [1.807, 2.05) is 30.6 Å². The van der Waals surface area contributed by atoms with Gasteiger partial charge in [-0.25, -0.2) is 92.4 Å². The van der Waals surface area contributed by atoms with Crippen LogP contribution >= 0.6 is 0 Å². The molecule has 6 aromatic rings. The van der Waals surface area contributed by atoms with Gasteiger partial charge in [0.25, 0.3) is 0 Å². The van der Waals surface area contributed by atoms with Gasteiger partial charge in [0, 0.05) is 29.7 Å². The minimum Gasteiger partial charge on any atom is -0.294 e. The van der Waals surface area contributed by atoms with Crippen molar-refractivity contribution in [1.82, 2.24) is 0 Å². The van der Waals surface area contributed by atoms with Crippen LogP contribution in [0.25, 0.3) is 0 Å². The lowest BCUT2D eigenvalue weighted by Crippen LogP contribution is -2.81. The first-order valence-corrected chi connectivity index (χ1v) is 23.3. The van der Waals surface area contributed by atoms with Crippen LogP contribution in [0, 0.1) is 116 Å². The number of unbranched alkanes of at least 4 members (excludes halogenated alkanes) is 12. The van der Waals surface area contributed by atoms with Gasteiger partial charge in [0.05, 0.1) is 0 Å². The fourth-order valence-electron chi connectivity index (χ4n) is 8.86. The van der Waals surface area contributed by atoms with Crippen molar-refractivity contribution in [3.05, 3.63) is 182 Å². The fourth-order valence-corrected chi connectivity index (χ4v) is 8.86. The average molecular weight is 1090 g/mol. The quantitative estimate of drug-likeness (QED) is 0.0134. The predicted octanol–water partition coefficient (Wildman–Crippen LogP) is 13.5. The van der Waals surface area contributed by atoms with Crippen molar-refractivity contribution in [1.29, 1.82) is 0 Å². The summed E-state index contributed by atoms with van der Waals surface area (Å²) in [5.41, 5.74) is -12.2. The minimum absolute atomic E-state index is 0.282. The Hall–Kier alpha value is -6.42. The highest BCUT2D eigenvalue weighted by Gasteiger charge is 2.52. The number of hydrogen-bond acceptors (Lipinski definition) is 1. The first-order chi connectivity index (χ1) is 35.5. The second-order valence-corrected chi connectivity index (χ2v) is 17.5. The molecule has 0 saturated heterocycles. The molecule has 0 atom stereocenters. The van der Waals surface area contributed by atoms with Crippen LogP contribution in [0.2, 0.25) is 0 Å². The molecule has 0 unspecified atom stereocenters. The second kappa shape index (κ2) is 25.9. The van der Waals surface area contributed by atoms with Crippen molar-refractivity contribution in [2.75, 3.05) is 0 Å². The van der Waals surface area contributed by atoms with Gasteiger partial charge in [0.15, 0.2) is 94.5 Å². The highest BCUT2D eigenvalue weighted by atomic mass is 19.2. The van der Waals surface area contributed by atoms with Crippen molar-refractivity contribution in [2.24, 2.45) is 0 Å². The first kappa shape index (κ1) is 59.5. The SMILES string of the molecule is CCCCCCCCCCCCCCCC(=O)c1cc[n+](Cc2ccccc2)cc1.Fc1c(F)c(F)c([B-](c2c(F)c(F)c(F)c(F)c2F)(c2c(F)c(F)c(F)c(F)c2F)c2c(F)c(F)c(F)c(F)c2F)c(F)c1F. The third-order valence-electron chi connectivity index (χ3n) is 12.6. The van der Waals surface area contributed by atoms with Gasteiger partial charge in [-0.2, -0.15) is 0 Å². The molecule has 0 spiro atoms. The molecule has 6 rings (SSSR count). The maximum absolute atomic E-state index is 15.4. The molecule has 1 aromatic heterocycles. The van der Waals surface area contributed by atoms with Crippen LogP contribution in [0.5, 0.6) is 0 Å². The van der Waals surface area contributed by atoms with E-state index in [1.165, 1.54) is 82.6 Å². The zero-order valence-electron chi connectivity index (χ0n) is 39.3. The monoisotopic (exact) mass is 1090 g/mol. The Balaban J connectivity index is 0.000000301. The van der Waals surface area contributed by atoms with E-state index in [2.05, 4.69) is 35.8 Å². The molecule has 0 aliphatic heterocycles. The summed E-state index contributed by atoms with van der Waals surface area (Å²) < 4.78 is 296. The lowest BCUT2D eigenvalue weighted by molar-refractivity contribution is -0.688. The van der Waals surface area contributed by atoms with Gasteiger partial charge in [0.2, 0.25) is 0 Å². The topological polar surface area (TPSA) is 20.9 Å². The molecular weight excluding hydrogens is 1050 g/mol. The number of rotatable bonds is 21. The molecule has 0 aliphatic rings. The zero-order chi connectivity index (χ0) is 55.6. The Bertz CT molecular complexity index is 2630. The fraction of sp³-hybridized carbons (Fsp3) is 0.308. The van der Waals surface area contributed by atoms with E-state index >= 15 is 35.1 Å². The normalized spacial score (nSPS) is 11.6. The van der Waals surface area contributed by atoms with E-state index in [-0.39, 0.29) is 5.78 Å².